The van der Waals surface area contributed by atoms with Gasteiger partial charge >= 0.3 is 6.03 Å². The van der Waals surface area contributed by atoms with Crippen molar-refractivity contribution in [2.75, 3.05) is 38.2 Å². The second-order valence-corrected chi connectivity index (χ2v) is 7.76. The molecular weight excluding hydrogens is 332 g/mol. The molecule has 1 atom stereocenters. The summed E-state index contributed by atoms with van der Waals surface area (Å²) < 4.78 is 5.19. The zero-order valence-electron chi connectivity index (χ0n) is 16.4. The molecule has 0 aliphatic carbocycles. The first kappa shape index (κ1) is 20.0. The summed E-state index contributed by atoms with van der Waals surface area (Å²) in [4.78, 5) is 27.7. The van der Waals surface area contributed by atoms with Crippen LogP contribution in [0.15, 0.2) is 24.3 Å². The van der Waals surface area contributed by atoms with Gasteiger partial charge in [-0.1, -0.05) is 0 Å². The molecule has 1 heterocycles. The first-order valence-electron chi connectivity index (χ1n) is 9.06. The largest absolute Gasteiger partial charge is 0.497 e. The number of anilines is 1. The number of piperazine rings is 1. The molecule has 1 aliphatic rings. The van der Waals surface area contributed by atoms with Crippen molar-refractivity contribution >= 4 is 17.6 Å². The smallest absolute Gasteiger partial charge is 0.322 e. The number of quaternary nitrogens is 1. The minimum absolute atomic E-state index is 0.236. The lowest BCUT2D eigenvalue weighted by Crippen LogP contribution is -3.19. The predicted octanol–water partition coefficient (Wildman–Crippen LogP) is 0.413. The van der Waals surface area contributed by atoms with Gasteiger partial charge in [0.2, 0.25) is 0 Å². The Morgan fingerprint density at radius 3 is 2.23 bits per heavy atom. The Morgan fingerprint density at radius 2 is 1.73 bits per heavy atom. The highest BCUT2D eigenvalue weighted by Crippen LogP contribution is 2.18. The van der Waals surface area contributed by atoms with Gasteiger partial charge in [-0.25, -0.2) is 4.79 Å². The van der Waals surface area contributed by atoms with E-state index in [0.29, 0.717) is 0 Å². The van der Waals surface area contributed by atoms with E-state index in [2.05, 4.69) is 27.7 Å². The summed E-state index contributed by atoms with van der Waals surface area (Å²) in [6, 6.07) is 7.31. The molecule has 0 radical (unpaired) electrons. The molecule has 0 unspecified atom stereocenters. The van der Waals surface area contributed by atoms with Gasteiger partial charge in [-0.3, -0.25) is 10.1 Å². The van der Waals surface area contributed by atoms with Crippen LogP contribution in [-0.4, -0.2) is 56.8 Å². The number of nitrogens with zero attached hydrogens (tertiary/aromatic N) is 1. The SMILES string of the molecule is COc1ccc(N2CC[NH+]([C@H](C)C(=O)NC(=O)NC(C)(C)C)CC2)cc1. The topological polar surface area (TPSA) is 75.1 Å². The van der Waals surface area contributed by atoms with E-state index in [-0.39, 0.29) is 17.5 Å². The number of hydrogen-bond acceptors (Lipinski definition) is 4. The molecule has 1 aromatic rings. The fourth-order valence-electron chi connectivity index (χ4n) is 3.06. The molecule has 0 spiro atoms. The summed E-state index contributed by atoms with van der Waals surface area (Å²) in [6.07, 6.45) is 0. The molecule has 3 N–H and O–H groups in total. The van der Waals surface area contributed by atoms with Crippen molar-refractivity contribution in [3.63, 3.8) is 0 Å². The van der Waals surface area contributed by atoms with Crippen molar-refractivity contribution in [1.29, 1.82) is 0 Å². The van der Waals surface area contributed by atoms with Gasteiger partial charge in [0.25, 0.3) is 5.91 Å². The maximum atomic E-state index is 12.3. The molecule has 1 aromatic carbocycles. The van der Waals surface area contributed by atoms with Gasteiger partial charge in [0.15, 0.2) is 6.04 Å². The molecule has 0 saturated carbocycles. The van der Waals surface area contributed by atoms with E-state index in [9.17, 15) is 9.59 Å². The number of urea groups is 1. The Kier molecular flexibility index (Phi) is 6.47. The number of methoxy groups -OCH3 is 1. The van der Waals surface area contributed by atoms with E-state index >= 15 is 0 Å². The Labute approximate surface area is 155 Å². The first-order valence-corrected chi connectivity index (χ1v) is 9.06. The lowest BCUT2D eigenvalue weighted by Gasteiger charge is -2.36. The molecule has 26 heavy (non-hydrogen) atoms. The zero-order valence-corrected chi connectivity index (χ0v) is 16.4. The van der Waals surface area contributed by atoms with Crippen LogP contribution in [0.1, 0.15) is 27.7 Å². The molecule has 0 aromatic heterocycles. The second kappa shape index (κ2) is 8.40. The minimum Gasteiger partial charge on any atom is -0.497 e. The molecule has 0 bridgehead atoms. The Bertz CT molecular complexity index is 617. The average Bonchev–Trinajstić information content (AvgIpc) is 2.59. The summed E-state index contributed by atoms with van der Waals surface area (Å²) in [5.41, 5.74) is 0.788. The summed E-state index contributed by atoms with van der Waals surface area (Å²) in [6.45, 7) is 10.9. The lowest BCUT2D eigenvalue weighted by molar-refractivity contribution is -0.914. The molecule has 3 amide bonds. The summed E-state index contributed by atoms with van der Waals surface area (Å²) in [5, 5.41) is 5.20. The van der Waals surface area contributed by atoms with Crippen molar-refractivity contribution < 1.29 is 19.2 Å². The number of carbonyl (C=O) groups excluding carboxylic acids is 2. The number of imide groups is 1. The lowest BCUT2D eigenvalue weighted by atomic mass is 10.1. The molecule has 7 nitrogen and oxygen atoms in total. The normalized spacial score (nSPS) is 16.7. The number of rotatable bonds is 4. The van der Waals surface area contributed by atoms with Gasteiger partial charge in [-0.05, 0) is 52.0 Å². The third-order valence-corrected chi connectivity index (χ3v) is 4.57. The van der Waals surface area contributed by atoms with E-state index in [1.54, 1.807) is 7.11 Å². The van der Waals surface area contributed by atoms with Crippen LogP contribution in [0, 0.1) is 0 Å². The monoisotopic (exact) mass is 363 g/mol. The van der Waals surface area contributed by atoms with Crippen LogP contribution in [0.4, 0.5) is 10.5 Å². The Hall–Kier alpha value is -2.28. The highest BCUT2D eigenvalue weighted by Gasteiger charge is 2.30. The van der Waals surface area contributed by atoms with Crippen LogP contribution in [0.25, 0.3) is 0 Å². The summed E-state index contributed by atoms with van der Waals surface area (Å²) in [7, 11) is 1.66. The molecule has 1 aliphatic heterocycles. The molecule has 1 saturated heterocycles. The maximum absolute atomic E-state index is 12.3. The average molecular weight is 363 g/mol. The van der Waals surface area contributed by atoms with Gasteiger partial charge < -0.3 is 19.9 Å². The van der Waals surface area contributed by atoms with Crippen LogP contribution in [-0.2, 0) is 4.79 Å². The number of amides is 3. The van der Waals surface area contributed by atoms with Gasteiger partial charge in [0.1, 0.15) is 5.75 Å². The third-order valence-electron chi connectivity index (χ3n) is 4.57. The molecule has 1 fully saturated rings. The van der Waals surface area contributed by atoms with E-state index in [0.717, 1.165) is 37.6 Å². The van der Waals surface area contributed by atoms with Crippen LogP contribution in [0.3, 0.4) is 0 Å². The van der Waals surface area contributed by atoms with E-state index in [1.807, 2.05) is 39.8 Å². The van der Waals surface area contributed by atoms with E-state index in [4.69, 9.17) is 4.74 Å². The Balaban J connectivity index is 1.84. The number of nitrogens with one attached hydrogen (secondary N) is 3. The third kappa shape index (κ3) is 5.62. The number of hydrogen-bond donors (Lipinski definition) is 3. The first-order chi connectivity index (χ1) is 12.2. The molecule has 144 valence electrons. The predicted molar refractivity (Wildman–Crippen MR) is 102 cm³/mol. The van der Waals surface area contributed by atoms with E-state index < -0.39 is 6.03 Å². The van der Waals surface area contributed by atoms with Crippen molar-refractivity contribution in [2.45, 2.75) is 39.3 Å². The van der Waals surface area contributed by atoms with Gasteiger partial charge in [-0.15, -0.1) is 0 Å². The zero-order chi connectivity index (χ0) is 19.3. The van der Waals surface area contributed by atoms with Gasteiger partial charge in [-0.2, -0.15) is 0 Å². The minimum atomic E-state index is -0.439. The highest BCUT2D eigenvalue weighted by atomic mass is 16.5. The maximum Gasteiger partial charge on any atom is 0.322 e. The quantitative estimate of drug-likeness (QED) is 0.725. The number of carbonyl (C=O) groups is 2. The van der Waals surface area contributed by atoms with Crippen LogP contribution >= 0.6 is 0 Å². The van der Waals surface area contributed by atoms with Crippen LogP contribution in [0.2, 0.25) is 0 Å². The molecule has 2 rings (SSSR count). The second-order valence-electron chi connectivity index (χ2n) is 7.76. The molecular formula is C19H31N4O3+. The van der Waals surface area contributed by atoms with Crippen molar-refractivity contribution in [2.24, 2.45) is 0 Å². The van der Waals surface area contributed by atoms with Crippen molar-refractivity contribution in [1.82, 2.24) is 10.6 Å². The van der Waals surface area contributed by atoms with E-state index in [1.165, 1.54) is 4.90 Å². The van der Waals surface area contributed by atoms with Crippen molar-refractivity contribution in [3.8, 4) is 5.75 Å². The van der Waals surface area contributed by atoms with Gasteiger partial charge in [0.05, 0.1) is 33.3 Å². The Morgan fingerprint density at radius 1 is 1.15 bits per heavy atom. The summed E-state index contributed by atoms with van der Waals surface area (Å²) in [5.74, 6) is 0.608. The number of ether oxygens (including phenoxy) is 1. The standard InChI is InChI=1S/C19H30N4O3/c1-14(17(24)20-18(25)21-19(2,3)4)22-10-12-23(13-11-22)15-6-8-16(26-5)9-7-15/h6-9,14H,10-13H2,1-5H3,(H2,20,21,24,25)/p+1/t14-/m1/s1. The highest BCUT2D eigenvalue weighted by molar-refractivity contribution is 5.96. The van der Waals surface area contributed by atoms with Gasteiger partial charge in [0, 0.05) is 11.2 Å². The molecule has 7 heteroatoms. The fraction of sp³-hybridized carbons (Fsp3) is 0.579. The van der Waals surface area contributed by atoms with Crippen LogP contribution in [0.5, 0.6) is 5.75 Å². The van der Waals surface area contributed by atoms with Crippen LogP contribution < -0.4 is 25.2 Å². The summed E-state index contributed by atoms with van der Waals surface area (Å²) >= 11 is 0. The number of benzene rings is 1. The van der Waals surface area contributed by atoms with Crippen molar-refractivity contribution in [3.05, 3.63) is 24.3 Å². The fourth-order valence-corrected chi connectivity index (χ4v) is 3.06.